The van der Waals surface area contributed by atoms with Crippen molar-refractivity contribution in [3.8, 4) is 6.07 Å². The summed E-state index contributed by atoms with van der Waals surface area (Å²) in [5, 5.41) is 12.5. The van der Waals surface area contributed by atoms with Crippen molar-refractivity contribution in [1.29, 1.82) is 5.26 Å². The van der Waals surface area contributed by atoms with Crippen molar-refractivity contribution in [2.45, 2.75) is 47.3 Å². The number of nitriles is 1. The van der Waals surface area contributed by atoms with E-state index in [0.29, 0.717) is 0 Å². The second kappa shape index (κ2) is 10.5. The maximum atomic E-state index is 13.2. The fourth-order valence-electron chi connectivity index (χ4n) is 4.26. The first-order valence-corrected chi connectivity index (χ1v) is 11.0. The molecular weight excluding hydrogens is 464 g/mol. The summed E-state index contributed by atoms with van der Waals surface area (Å²) in [5.74, 6) is -4.19. The molecule has 0 fully saturated rings. The third-order valence-electron chi connectivity index (χ3n) is 5.46. The number of fused-ring (bicyclic) bond motifs is 1. The number of carbonyl (C=O) groups is 4. The van der Waals surface area contributed by atoms with Crippen molar-refractivity contribution < 1.29 is 38.1 Å². The molecule has 35 heavy (non-hydrogen) atoms. The molecule has 14 nitrogen and oxygen atoms in total. The zero-order valence-electron chi connectivity index (χ0n) is 20.5. The number of hydrogen-bond acceptors (Lipinski definition) is 12. The van der Waals surface area contributed by atoms with Crippen LogP contribution in [0.25, 0.3) is 0 Å². The van der Waals surface area contributed by atoms with Gasteiger partial charge in [0.2, 0.25) is 5.79 Å². The fraction of sp³-hybridized carbons (Fsp3) is 0.571. The molecular formula is C21H30N6O8. The predicted molar refractivity (Wildman–Crippen MR) is 118 cm³/mol. The summed E-state index contributed by atoms with van der Waals surface area (Å²) in [5.41, 5.74) is 8.62. The second-order valence-corrected chi connectivity index (χ2v) is 7.29. The first-order chi connectivity index (χ1) is 16.5. The molecule has 0 radical (unpaired) electrons. The van der Waals surface area contributed by atoms with Crippen molar-refractivity contribution in [2.75, 3.05) is 26.4 Å². The molecule has 0 unspecified atom stereocenters. The van der Waals surface area contributed by atoms with Crippen molar-refractivity contribution in [2.24, 2.45) is 11.1 Å². The van der Waals surface area contributed by atoms with Gasteiger partial charge in [-0.05, 0) is 41.5 Å². The number of hydrogen-bond donors (Lipinski definition) is 3. The Morgan fingerprint density at radius 2 is 1.14 bits per heavy atom. The smallest absolute Gasteiger partial charge is 0.426 e. The summed E-state index contributed by atoms with van der Waals surface area (Å²) in [4.78, 5) is 51.2. The van der Waals surface area contributed by atoms with Gasteiger partial charge in [0.25, 0.3) is 0 Å². The number of nitrogens with zero attached hydrogens (tertiary/aromatic N) is 3. The number of amides is 2. The third-order valence-corrected chi connectivity index (χ3v) is 5.46. The van der Waals surface area contributed by atoms with Crippen LogP contribution in [0, 0.1) is 16.7 Å². The molecule has 2 aliphatic rings. The Hall–Kier alpha value is -3.99. The number of nitrogens with two attached hydrogens (primary N) is 1. The molecule has 14 heteroatoms. The number of ether oxygens (including phenoxy) is 4. The first-order valence-electron chi connectivity index (χ1n) is 11.0. The number of nitrogens with one attached hydrogen (secondary N) is 2. The molecule has 2 heterocycles. The van der Waals surface area contributed by atoms with Gasteiger partial charge >= 0.3 is 24.1 Å². The van der Waals surface area contributed by atoms with Crippen molar-refractivity contribution >= 4 is 24.1 Å². The van der Waals surface area contributed by atoms with E-state index in [2.05, 4.69) is 10.9 Å². The monoisotopic (exact) mass is 494 g/mol. The molecule has 0 saturated heterocycles. The van der Waals surface area contributed by atoms with E-state index >= 15 is 0 Å². The summed E-state index contributed by atoms with van der Waals surface area (Å²) < 4.78 is 20.2. The molecule has 0 spiro atoms. The minimum absolute atomic E-state index is 0.00424. The number of allylic oxidation sites excluding steroid dienone is 2. The minimum atomic E-state index is -2.28. The van der Waals surface area contributed by atoms with Crippen LogP contribution < -0.4 is 16.6 Å². The zero-order chi connectivity index (χ0) is 26.6. The Balaban J connectivity index is 2.90. The lowest BCUT2D eigenvalue weighted by molar-refractivity contribution is -0.142. The van der Waals surface area contributed by atoms with Gasteiger partial charge in [-0.15, -0.1) is 0 Å². The number of rotatable bonds is 8. The van der Waals surface area contributed by atoms with Crippen LogP contribution in [-0.4, -0.2) is 66.4 Å². The highest BCUT2D eigenvalue weighted by Crippen LogP contribution is 2.59. The Morgan fingerprint density at radius 1 is 0.800 bits per heavy atom. The van der Waals surface area contributed by atoms with Gasteiger partial charge in [0.15, 0.2) is 5.41 Å². The Bertz CT molecular complexity index is 948. The highest BCUT2D eigenvalue weighted by Gasteiger charge is 2.75. The molecule has 2 aliphatic heterocycles. The summed E-state index contributed by atoms with van der Waals surface area (Å²) in [6.07, 6.45) is -1.93. The summed E-state index contributed by atoms with van der Waals surface area (Å²) in [7, 11) is 0. The molecule has 0 saturated carbocycles. The fourth-order valence-corrected chi connectivity index (χ4v) is 4.26. The highest BCUT2D eigenvalue weighted by molar-refractivity contribution is 6.02. The average molecular weight is 495 g/mol. The van der Waals surface area contributed by atoms with E-state index < -0.39 is 35.3 Å². The van der Waals surface area contributed by atoms with E-state index in [0.717, 1.165) is 10.0 Å². The van der Waals surface area contributed by atoms with Crippen LogP contribution in [0.2, 0.25) is 0 Å². The standard InChI is InChI=1S/C21H30N6O8/c1-7-32-16(28)14-12(5)26(24-18(30)34-9-3)21(23)20(14,11-22)15(17(29)33-8-2)13(6)27(21)25-19(31)35-10-4/h7-10,23H2,1-6H3,(H,24,30)(H,25,31). The largest absolute Gasteiger partial charge is 0.463 e. The summed E-state index contributed by atoms with van der Waals surface area (Å²) in [6, 6.07) is 1.98. The van der Waals surface area contributed by atoms with Gasteiger partial charge in [-0.3, -0.25) is 5.73 Å². The predicted octanol–water partition coefficient (Wildman–Crippen LogP) is 0.736. The lowest BCUT2D eigenvalue weighted by atomic mass is 9.72. The van der Waals surface area contributed by atoms with Crippen LogP contribution in [0.15, 0.2) is 22.5 Å². The lowest BCUT2D eigenvalue weighted by Gasteiger charge is -2.46. The van der Waals surface area contributed by atoms with Crippen LogP contribution in [0.1, 0.15) is 41.5 Å². The molecule has 0 aromatic rings. The minimum Gasteiger partial charge on any atom is -0.463 e. The van der Waals surface area contributed by atoms with Crippen molar-refractivity contribution in [1.82, 2.24) is 20.9 Å². The maximum absolute atomic E-state index is 13.2. The van der Waals surface area contributed by atoms with Gasteiger partial charge in [0.1, 0.15) is 0 Å². The highest BCUT2D eigenvalue weighted by atomic mass is 16.6. The maximum Gasteiger partial charge on any atom is 0.426 e. The van der Waals surface area contributed by atoms with E-state index in [4.69, 9.17) is 24.7 Å². The van der Waals surface area contributed by atoms with Crippen LogP contribution in [0.3, 0.4) is 0 Å². The van der Waals surface area contributed by atoms with Gasteiger partial charge in [-0.25, -0.2) is 40.0 Å². The zero-order valence-corrected chi connectivity index (χ0v) is 20.5. The van der Waals surface area contributed by atoms with Crippen LogP contribution in [-0.2, 0) is 28.5 Å². The second-order valence-electron chi connectivity index (χ2n) is 7.29. The lowest BCUT2D eigenvalue weighted by Crippen LogP contribution is -2.74. The van der Waals surface area contributed by atoms with Gasteiger partial charge in [-0.1, -0.05) is 0 Å². The van der Waals surface area contributed by atoms with Crippen LogP contribution in [0.4, 0.5) is 9.59 Å². The Morgan fingerprint density at radius 3 is 1.43 bits per heavy atom. The number of carbonyl (C=O) groups excluding carboxylic acids is 4. The van der Waals surface area contributed by atoms with Gasteiger partial charge in [-0.2, -0.15) is 5.26 Å². The van der Waals surface area contributed by atoms with E-state index in [-0.39, 0.29) is 49.0 Å². The van der Waals surface area contributed by atoms with E-state index in [1.165, 1.54) is 13.8 Å². The molecule has 0 aliphatic carbocycles. The molecule has 2 rings (SSSR count). The first kappa shape index (κ1) is 27.3. The molecule has 0 aromatic carbocycles. The molecule has 0 aromatic heterocycles. The summed E-state index contributed by atoms with van der Waals surface area (Å²) >= 11 is 0. The summed E-state index contributed by atoms with van der Waals surface area (Å²) in [6.45, 7) is 8.95. The van der Waals surface area contributed by atoms with E-state index in [1.54, 1.807) is 27.7 Å². The number of hydrazine groups is 2. The van der Waals surface area contributed by atoms with Crippen LogP contribution in [0.5, 0.6) is 0 Å². The number of esters is 2. The third kappa shape index (κ3) is 4.08. The molecule has 4 N–H and O–H groups in total. The van der Waals surface area contributed by atoms with Crippen LogP contribution >= 0.6 is 0 Å². The molecule has 2 amide bonds. The Kier molecular flexibility index (Phi) is 8.19. The van der Waals surface area contributed by atoms with E-state index in [9.17, 15) is 24.4 Å². The van der Waals surface area contributed by atoms with Crippen molar-refractivity contribution in [3.63, 3.8) is 0 Å². The Labute approximate surface area is 202 Å². The average Bonchev–Trinajstić information content (AvgIpc) is 3.09. The van der Waals surface area contributed by atoms with Gasteiger partial charge in [0, 0.05) is 11.4 Å². The SMILES string of the molecule is CCOC(=O)NN1C(C)=C(C(=O)OCC)C2(C#N)C(C(=O)OCC)=C(C)N(NC(=O)OCC)C12N. The van der Waals surface area contributed by atoms with Gasteiger partial charge in [0.05, 0.1) is 43.6 Å². The molecule has 192 valence electrons. The van der Waals surface area contributed by atoms with Crippen molar-refractivity contribution in [3.05, 3.63) is 22.5 Å². The molecule has 0 bridgehead atoms. The quantitative estimate of drug-likeness (QED) is 0.318. The molecule has 0 atom stereocenters. The van der Waals surface area contributed by atoms with E-state index in [1.807, 2.05) is 6.07 Å². The topological polar surface area (TPSA) is 186 Å². The normalized spacial score (nSPS) is 22.9. The van der Waals surface area contributed by atoms with Gasteiger partial charge < -0.3 is 18.9 Å².